The van der Waals surface area contributed by atoms with E-state index in [1.54, 1.807) is 7.11 Å². The van der Waals surface area contributed by atoms with Crippen molar-refractivity contribution in [2.45, 2.75) is 18.8 Å². The van der Waals surface area contributed by atoms with Gasteiger partial charge in [0.2, 0.25) is 5.91 Å². The minimum Gasteiger partial charge on any atom is -0.496 e. The molecular formula is C27H28N2O2. The average Bonchev–Trinajstić information content (AvgIpc) is 3.15. The van der Waals surface area contributed by atoms with E-state index in [2.05, 4.69) is 46.4 Å². The van der Waals surface area contributed by atoms with Crippen molar-refractivity contribution in [2.24, 2.45) is 7.05 Å². The molecule has 0 aliphatic carbocycles. The quantitative estimate of drug-likeness (QED) is 0.439. The number of carbonyl (C=O) groups is 1. The minimum atomic E-state index is -0.0982. The highest BCUT2D eigenvalue weighted by Gasteiger charge is 2.24. The lowest BCUT2D eigenvalue weighted by atomic mass is 9.87. The van der Waals surface area contributed by atoms with E-state index in [9.17, 15) is 4.79 Å². The van der Waals surface area contributed by atoms with Crippen LogP contribution in [-0.4, -0.2) is 24.1 Å². The van der Waals surface area contributed by atoms with Crippen molar-refractivity contribution in [1.29, 1.82) is 0 Å². The SMILES string of the molecule is COc1ccccc1C(CC(=O)NCCc1ccccc1)c1cn(C)c2ccccc12. The molecule has 0 aliphatic heterocycles. The number of methoxy groups -OCH3 is 1. The van der Waals surface area contributed by atoms with E-state index in [4.69, 9.17) is 4.74 Å². The molecule has 1 unspecified atom stereocenters. The summed E-state index contributed by atoms with van der Waals surface area (Å²) in [6, 6.07) is 26.5. The molecule has 4 nitrogen and oxygen atoms in total. The number of aromatic nitrogens is 1. The number of hydrogen-bond donors (Lipinski definition) is 1. The molecule has 4 rings (SSSR count). The first-order valence-corrected chi connectivity index (χ1v) is 10.6. The van der Waals surface area contributed by atoms with E-state index in [0.717, 1.165) is 34.2 Å². The molecule has 0 bridgehead atoms. The molecule has 4 heteroatoms. The Morgan fingerprint density at radius 1 is 0.935 bits per heavy atom. The number of amides is 1. The predicted molar refractivity (Wildman–Crippen MR) is 126 cm³/mol. The van der Waals surface area contributed by atoms with Gasteiger partial charge >= 0.3 is 0 Å². The number of benzene rings is 3. The van der Waals surface area contributed by atoms with E-state index in [1.807, 2.05) is 55.6 Å². The van der Waals surface area contributed by atoms with Gasteiger partial charge in [-0.05, 0) is 29.7 Å². The number of nitrogens with one attached hydrogen (secondary N) is 1. The highest BCUT2D eigenvalue weighted by molar-refractivity contribution is 5.86. The third-order valence-corrected chi connectivity index (χ3v) is 5.79. The highest BCUT2D eigenvalue weighted by atomic mass is 16.5. The van der Waals surface area contributed by atoms with Crippen LogP contribution in [-0.2, 0) is 18.3 Å². The second-order valence-electron chi connectivity index (χ2n) is 7.80. The number of fused-ring (bicyclic) bond motifs is 1. The lowest BCUT2D eigenvalue weighted by Gasteiger charge is -2.20. The second-order valence-corrected chi connectivity index (χ2v) is 7.80. The molecule has 1 heterocycles. The Morgan fingerprint density at radius 2 is 1.65 bits per heavy atom. The molecule has 0 radical (unpaired) electrons. The van der Waals surface area contributed by atoms with Crippen LogP contribution < -0.4 is 10.1 Å². The van der Waals surface area contributed by atoms with Gasteiger partial charge in [-0.3, -0.25) is 4.79 Å². The van der Waals surface area contributed by atoms with E-state index in [0.29, 0.717) is 13.0 Å². The summed E-state index contributed by atoms with van der Waals surface area (Å²) in [5.74, 6) is 0.747. The first kappa shape index (κ1) is 20.7. The Morgan fingerprint density at radius 3 is 2.45 bits per heavy atom. The van der Waals surface area contributed by atoms with Crippen LogP contribution in [0.25, 0.3) is 10.9 Å². The largest absolute Gasteiger partial charge is 0.496 e. The summed E-state index contributed by atoms with van der Waals surface area (Å²) in [6.45, 7) is 0.622. The molecule has 0 spiro atoms. The van der Waals surface area contributed by atoms with Crippen molar-refractivity contribution < 1.29 is 9.53 Å². The summed E-state index contributed by atoms with van der Waals surface area (Å²) in [6.07, 6.45) is 3.32. The zero-order valence-electron chi connectivity index (χ0n) is 18.0. The number of ether oxygens (including phenoxy) is 1. The Labute approximate surface area is 183 Å². The molecule has 158 valence electrons. The molecule has 0 aliphatic rings. The van der Waals surface area contributed by atoms with Crippen molar-refractivity contribution in [3.05, 3.63) is 102 Å². The molecule has 0 fully saturated rings. The highest BCUT2D eigenvalue weighted by Crippen LogP contribution is 2.38. The molecule has 0 saturated heterocycles. The zero-order chi connectivity index (χ0) is 21.6. The summed E-state index contributed by atoms with van der Waals surface area (Å²) in [4.78, 5) is 13.0. The van der Waals surface area contributed by atoms with Crippen molar-refractivity contribution >= 4 is 16.8 Å². The molecule has 3 aromatic carbocycles. The summed E-state index contributed by atoms with van der Waals surface area (Å²) in [5.41, 5.74) is 4.54. The zero-order valence-corrected chi connectivity index (χ0v) is 18.0. The van der Waals surface area contributed by atoms with Gasteiger partial charge in [0.05, 0.1) is 7.11 Å². The van der Waals surface area contributed by atoms with Crippen LogP contribution in [0.1, 0.15) is 29.0 Å². The Balaban J connectivity index is 1.61. The number of aryl methyl sites for hydroxylation is 1. The number of para-hydroxylation sites is 2. The monoisotopic (exact) mass is 412 g/mol. The fourth-order valence-corrected chi connectivity index (χ4v) is 4.24. The molecule has 1 amide bonds. The van der Waals surface area contributed by atoms with Gasteiger partial charge in [0, 0.05) is 48.6 Å². The molecule has 1 atom stereocenters. The lowest BCUT2D eigenvalue weighted by molar-refractivity contribution is -0.121. The standard InChI is InChI=1S/C27H28N2O2/c1-29-19-24(21-12-6-8-14-25(21)29)23(22-13-7-9-15-26(22)31-2)18-27(30)28-17-16-20-10-4-3-5-11-20/h3-15,19,23H,16-18H2,1-2H3,(H,28,30). The smallest absolute Gasteiger partial charge is 0.220 e. The maximum absolute atomic E-state index is 13.0. The van der Waals surface area contributed by atoms with Crippen LogP contribution in [0.5, 0.6) is 5.75 Å². The Kier molecular flexibility index (Phi) is 6.37. The number of nitrogens with zero attached hydrogens (tertiary/aromatic N) is 1. The minimum absolute atomic E-state index is 0.0415. The van der Waals surface area contributed by atoms with E-state index < -0.39 is 0 Å². The van der Waals surface area contributed by atoms with E-state index >= 15 is 0 Å². The van der Waals surface area contributed by atoms with Crippen LogP contribution >= 0.6 is 0 Å². The average molecular weight is 413 g/mol. The van der Waals surface area contributed by atoms with Gasteiger partial charge < -0.3 is 14.6 Å². The normalized spacial score (nSPS) is 11.9. The van der Waals surface area contributed by atoms with Crippen LogP contribution in [0, 0.1) is 0 Å². The van der Waals surface area contributed by atoms with Crippen LogP contribution in [0.3, 0.4) is 0 Å². The topological polar surface area (TPSA) is 43.3 Å². The Hall–Kier alpha value is -3.53. The molecule has 31 heavy (non-hydrogen) atoms. The fourth-order valence-electron chi connectivity index (χ4n) is 4.24. The van der Waals surface area contributed by atoms with Crippen molar-refractivity contribution in [2.75, 3.05) is 13.7 Å². The number of rotatable bonds is 8. The second kappa shape index (κ2) is 9.52. The van der Waals surface area contributed by atoms with Gasteiger partial charge in [-0.15, -0.1) is 0 Å². The lowest BCUT2D eigenvalue weighted by Crippen LogP contribution is -2.27. The maximum Gasteiger partial charge on any atom is 0.220 e. The fraction of sp³-hybridized carbons (Fsp3) is 0.222. The third-order valence-electron chi connectivity index (χ3n) is 5.79. The summed E-state index contributed by atoms with van der Waals surface area (Å²) >= 11 is 0. The van der Waals surface area contributed by atoms with Crippen molar-refractivity contribution in [3.8, 4) is 5.75 Å². The van der Waals surface area contributed by atoms with Crippen LogP contribution in [0.2, 0.25) is 0 Å². The van der Waals surface area contributed by atoms with Gasteiger partial charge in [0.15, 0.2) is 0 Å². The molecule has 0 saturated carbocycles. The summed E-state index contributed by atoms with van der Waals surface area (Å²) < 4.78 is 7.77. The number of hydrogen-bond acceptors (Lipinski definition) is 2. The predicted octanol–water partition coefficient (Wildman–Crippen LogP) is 5.07. The molecule has 1 N–H and O–H groups in total. The molecule has 1 aromatic heterocycles. The maximum atomic E-state index is 13.0. The summed E-state index contributed by atoms with van der Waals surface area (Å²) in [5, 5.41) is 4.27. The van der Waals surface area contributed by atoms with Gasteiger partial charge in [-0.1, -0.05) is 66.7 Å². The van der Waals surface area contributed by atoms with Crippen LogP contribution in [0.4, 0.5) is 0 Å². The Bertz CT molecular complexity index is 1160. The van der Waals surface area contributed by atoms with Gasteiger partial charge in [-0.2, -0.15) is 0 Å². The first-order valence-electron chi connectivity index (χ1n) is 10.6. The third kappa shape index (κ3) is 4.64. The van der Waals surface area contributed by atoms with Crippen LogP contribution in [0.15, 0.2) is 85.1 Å². The van der Waals surface area contributed by atoms with Crippen molar-refractivity contribution in [1.82, 2.24) is 9.88 Å². The van der Waals surface area contributed by atoms with E-state index in [1.165, 1.54) is 5.56 Å². The molecule has 4 aromatic rings. The van der Waals surface area contributed by atoms with Gasteiger partial charge in [-0.25, -0.2) is 0 Å². The number of carbonyl (C=O) groups excluding carboxylic acids is 1. The first-order chi connectivity index (χ1) is 15.2. The summed E-state index contributed by atoms with van der Waals surface area (Å²) in [7, 11) is 3.73. The van der Waals surface area contributed by atoms with E-state index in [-0.39, 0.29) is 11.8 Å². The molecular weight excluding hydrogens is 384 g/mol. The van der Waals surface area contributed by atoms with Gasteiger partial charge in [0.1, 0.15) is 5.75 Å². The van der Waals surface area contributed by atoms with Gasteiger partial charge in [0.25, 0.3) is 0 Å². The van der Waals surface area contributed by atoms with Crippen molar-refractivity contribution in [3.63, 3.8) is 0 Å².